The molecule has 1 aromatic carbocycles. The van der Waals surface area contributed by atoms with Gasteiger partial charge in [0.05, 0.1) is 17.1 Å². The molecule has 7 heteroatoms. The van der Waals surface area contributed by atoms with Crippen molar-refractivity contribution in [1.29, 1.82) is 5.26 Å². The Morgan fingerprint density at radius 2 is 1.89 bits per heavy atom. The summed E-state index contributed by atoms with van der Waals surface area (Å²) in [6.45, 7) is 0. The number of halogens is 1. The van der Waals surface area contributed by atoms with Gasteiger partial charge < -0.3 is 10.6 Å². The maximum atomic E-state index is 13.9. The largest absolute Gasteiger partial charge is 0.351 e. The van der Waals surface area contributed by atoms with E-state index < -0.39 is 5.82 Å². The van der Waals surface area contributed by atoms with Gasteiger partial charge in [-0.25, -0.2) is 9.37 Å². The highest BCUT2D eigenvalue weighted by Gasteiger charge is 2.17. The highest BCUT2D eigenvalue weighted by molar-refractivity contribution is 5.69. The molecule has 0 saturated heterocycles. The highest BCUT2D eigenvalue weighted by Crippen LogP contribution is 2.27. The maximum Gasteiger partial charge on any atom is 0.225 e. The van der Waals surface area contributed by atoms with Gasteiger partial charge in [0.25, 0.3) is 0 Å². The average molecular weight is 374 g/mol. The maximum absolute atomic E-state index is 13.9. The van der Waals surface area contributed by atoms with E-state index >= 15 is 0 Å². The van der Waals surface area contributed by atoms with Crippen molar-refractivity contribution in [3.8, 4) is 17.5 Å². The predicted molar refractivity (Wildman–Crippen MR) is 106 cm³/mol. The summed E-state index contributed by atoms with van der Waals surface area (Å²) in [6, 6.07) is 14.0. The Labute approximate surface area is 162 Å². The molecule has 28 heavy (non-hydrogen) atoms. The highest BCUT2D eigenvalue weighted by atomic mass is 19.1. The lowest BCUT2D eigenvalue weighted by molar-refractivity contribution is 0.624. The van der Waals surface area contributed by atoms with E-state index in [2.05, 4.69) is 25.6 Å². The molecular weight excluding hydrogens is 355 g/mol. The van der Waals surface area contributed by atoms with Crippen LogP contribution in [0.3, 0.4) is 0 Å². The second kappa shape index (κ2) is 8.01. The molecule has 2 aromatic heterocycles. The van der Waals surface area contributed by atoms with E-state index in [9.17, 15) is 9.65 Å². The van der Waals surface area contributed by atoms with Crippen LogP contribution in [0.5, 0.6) is 0 Å². The Hall–Kier alpha value is -3.53. The topological polar surface area (TPSA) is 86.5 Å². The number of nitriles is 1. The molecule has 4 rings (SSSR count). The zero-order valence-electron chi connectivity index (χ0n) is 15.2. The van der Waals surface area contributed by atoms with Gasteiger partial charge in [0, 0.05) is 18.3 Å². The van der Waals surface area contributed by atoms with E-state index in [1.165, 1.54) is 18.9 Å². The smallest absolute Gasteiger partial charge is 0.225 e. The summed E-state index contributed by atoms with van der Waals surface area (Å²) in [7, 11) is 0. The van der Waals surface area contributed by atoms with Gasteiger partial charge in [0.2, 0.25) is 5.95 Å². The number of rotatable bonds is 5. The van der Waals surface area contributed by atoms with Crippen LogP contribution in [-0.4, -0.2) is 21.0 Å². The summed E-state index contributed by atoms with van der Waals surface area (Å²) in [5.74, 6) is 0.390. The normalized spacial score (nSPS) is 13.9. The molecule has 6 nitrogen and oxygen atoms in total. The molecule has 0 aliphatic heterocycles. The zero-order chi connectivity index (χ0) is 19.3. The lowest BCUT2D eigenvalue weighted by atomic mass is 10.2. The van der Waals surface area contributed by atoms with Crippen LogP contribution in [0.4, 0.5) is 21.8 Å². The lowest BCUT2D eigenvalue weighted by Gasteiger charge is -2.15. The molecule has 1 aliphatic rings. The first-order valence-electron chi connectivity index (χ1n) is 9.25. The van der Waals surface area contributed by atoms with E-state index in [0.29, 0.717) is 34.9 Å². The summed E-state index contributed by atoms with van der Waals surface area (Å²) in [6.07, 6.45) is 6.26. The number of pyridine rings is 1. The molecule has 1 fully saturated rings. The second-order valence-electron chi connectivity index (χ2n) is 6.70. The number of aromatic nitrogens is 3. The van der Waals surface area contributed by atoms with E-state index in [1.54, 1.807) is 24.4 Å². The number of benzene rings is 1. The van der Waals surface area contributed by atoms with Crippen molar-refractivity contribution in [3.05, 3.63) is 60.0 Å². The third-order valence-electron chi connectivity index (χ3n) is 4.73. The second-order valence-corrected chi connectivity index (χ2v) is 6.70. The number of nitrogens with one attached hydrogen (secondary N) is 2. The van der Waals surface area contributed by atoms with Crippen LogP contribution in [0.25, 0.3) is 11.4 Å². The van der Waals surface area contributed by atoms with Crippen molar-refractivity contribution < 1.29 is 4.39 Å². The first kappa shape index (κ1) is 17.9. The fourth-order valence-electron chi connectivity index (χ4n) is 3.35. The first-order valence-corrected chi connectivity index (χ1v) is 9.25. The molecule has 0 amide bonds. The Morgan fingerprint density at radius 1 is 1.04 bits per heavy atom. The molecule has 0 spiro atoms. The van der Waals surface area contributed by atoms with Gasteiger partial charge in [-0.15, -0.1) is 0 Å². The molecule has 1 saturated carbocycles. The number of nitrogens with zero attached hydrogens (tertiary/aromatic N) is 4. The van der Waals surface area contributed by atoms with Crippen molar-refractivity contribution in [2.45, 2.75) is 31.7 Å². The monoisotopic (exact) mass is 374 g/mol. The van der Waals surface area contributed by atoms with Crippen LogP contribution in [0.2, 0.25) is 0 Å². The van der Waals surface area contributed by atoms with Crippen molar-refractivity contribution in [1.82, 2.24) is 15.0 Å². The summed E-state index contributed by atoms with van der Waals surface area (Å²) in [5, 5.41) is 15.7. The van der Waals surface area contributed by atoms with Crippen molar-refractivity contribution >= 4 is 17.5 Å². The molecule has 2 N–H and O–H groups in total. The number of hydrogen-bond donors (Lipinski definition) is 2. The molecule has 0 unspecified atom stereocenters. The van der Waals surface area contributed by atoms with Crippen LogP contribution < -0.4 is 10.6 Å². The average Bonchev–Trinajstić information content (AvgIpc) is 3.22. The minimum Gasteiger partial charge on any atom is -0.351 e. The first-order chi connectivity index (χ1) is 13.7. The quantitative estimate of drug-likeness (QED) is 0.676. The van der Waals surface area contributed by atoms with Crippen LogP contribution >= 0.6 is 0 Å². The van der Waals surface area contributed by atoms with E-state index in [1.807, 2.05) is 24.3 Å². The Kier molecular flexibility index (Phi) is 5.11. The van der Waals surface area contributed by atoms with Crippen LogP contribution in [-0.2, 0) is 0 Å². The van der Waals surface area contributed by atoms with Gasteiger partial charge in [-0.1, -0.05) is 25.0 Å². The Bertz CT molecular complexity index is 1010. The fourth-order valence-corrected chi connectivity index (χ4v) is 3.35. The number of hydrogen-bond acceptors (Lipinski definition) is 6. The van der Waals surface area contributed by atoms with E-state index in [-0.39, 0.29) is 5.56 Å². The van der Waals surface area contributed by atoms with Gasteiger partial charge in [-0.2, -0.15) is 10.2 Å². The molecule has 3 aromatic rings. The van der Waals surface area contributed by atoms with Gasteiger partial charge in [0.15, 0.2) is 0 Å². The number of anilines is 3. The molecule has 0 bridgehead atoms. The van der Waals surface area contributed by atoms with E-state index in [4.69, 9.17) is 0 Å². The Morgan fingerprint density at radius 3 is 2.64 bits per heavy atom. The van der Waals surface area contributed by atoms with E-state index in [0.717, 1.165) is 12.8 Å². The summed E-state index contributed by atoms with van der Waals surface area (Å²) in [4.78, 5) is 13.5. The summed E-state index contributed by atoms with van der Waals surface area (Å²) in [5.41, 5.74) is 1.67. The van der Waals surface area contributed by atoms with Crippen LogP contribution in [0.15, 0.2) is 48.7 Å². The van der Waals surface area contributed by atoms with Gasteiger partial charge >= 0.3 is 0 Å². The predicted octanol–water partition coefficient (Wildman–Crippen LogP) is 4.65. The third kappa shape index (κ3) is 3.91. The molecular formula is C21H19FN6. The SMILES string of the molecule is N#Cc1c(F)cccc1Nc1cc(-c2ccccn2)nc(NC2CCCC2)n1. The molecule has 1 aliphatic carbocycles. The Balaban J connectivity index is 1.71. The standard InChI is InChI=1S/C21H19FN6/c22-16-8-5-10-17(15(16)13-23)26-20-12-19(18-9-3-4-11-24-18)27-21(28-20)25-14-6-1-2-7-14/h3-5,8-12,14H,1-2,6-7H2,(H2,25,26,27,28). The van der Waals surface area contributed by atoms with Gasteiger partial charge in [-0.05, 0) is 37.1 Å². The zero-order valence-corrected chi connectivity index (χ0v) is 15.2. The fraction of sp³-hybridized carbons (Fsp3) is 0.238. The van der Waals surface area contributed by atoms with Crippen molar-refractivity contribution in [2.24, 2.45) is 0 Å². The van der Waals surface area contributed by atoms with Gasteiger partial charge in [0.1, 0.15) is 23.3 Å². The minimum absolute atomic E-state index is 0.0502. The van der Waals surface area contributed by atoms with Crippen LogP contribution in [0.1, 0.15) is 31.2 Å². The molecule has 0 radical (unpaired) electrons. The van der Waals surface area contributed by atoms with Crippen LogP contribution in [0, 0.1) is 17.1 Å². The van der Waals surface area contributed by atoms with Gasteiger partial charge in [-0.3, -0.25) is 4.98 Å². The summed E-state index contributed by atoms with van der Waals surface area (Å²) >= 11 is 0. The molecule has 140 valence electrons. The molecule has 0 atom stereocenters. The minimum atomic E-state index is -0.573. The summed E-state index contributed by atoms with van der Waals surface area (Å²) < 4.78 is 13.9. The lowest BCUT2D eigenvalue weighted by Crippen LogP contribution is -2.17. The third-order valence-corrected chi connectivity index (χ3v) is 4.73. The molecule has 2 heterocycles. The van der Waals surface area contributed by atoms with Crippen molar-refractivity contribution in [3.63, 3.8) is 0 Å². The van der Waals surface area contributed by atoms with Crippen molar-refractivity contribution in [2.75, 3.05) is 10.6 Å².